The van der Waals surface area contributed by atoms with Crippen molar-refractivity contribution in [3.8, 4) is 0 Å². The third-order valence-electron chi connectivity index (χ3n) is 5.98. The quantitative estimate of drug-likeness (QED) is 0.0998. The molecule has 4 aromatic heterocycles. The van der Waals surface area contributed by atoms with Gasteiger partial charge in [0.2, 0.25) is 11.5 Å². The molecule has 0 saturated carbocycles. The van der Waals surface area contributed by atoms with E-state index in [9.17, 15) is 19.5 Å². The fourth-order valence-corrected chi connectivity index (χ4v) is 8.13. The average molecular weight is 631 g/mol. The third kappa shape index (κ3) is 5.11. The van der Waals surface area contributed by atoms with Crippen LogP contribution in [0.15, 0.2) is 56.2 Å². The summed E-state index contributed by atoms with van der Waals surface area (Å²) in [5.74, 6) is -2.62. The van der Waals surface area contributed by atoms with Crippen molar-refractivity contribution < 1.29 is 28.9 Å². The molecule has 41 heavy (non-hydrogen) atoms. The van der Waals surface area contributed by atoms with Crippen LogP contribution < -0.4 is 20.7 Å². The normalized spacial score (nSPS) is 18.8. The zero-order chi connectivity index (χ0) is 28.7. The van der Waals surface area contributed by atoms with Crippen molar-refractivity contribution >= 4 is 80.7 Å². The number of aromatic nitrogens is 6. The van der Waals surface area contributed by atoms with Crippen LogP contribution in [-0.4, -0.2) is 76.6 Å². The van der Waals surface area contributed by atoms with Crippen molar-refractivity contribution in [1.29, 1.82) is 0 Å². The predicted octanol–water partition coefficient (Wildman–Crippen LogP) is -0.935. The summed E-state index contributed by atoms with van der Waals surface area (Å²) in [4.78, 5) is 53.0. The van der Waals surface area contributed by atoms with E-state index in [1.54, 1.807) is 10.7 Å². The minimum atomic E-state index is -1.49. The molecule has 2 atom stereocenters. The second kappa shape index (κ2) is 11.1. The molecule has 3 N–H and O–H groups in total. The molecule has 1 saturated heterocycles. The number of thiazole rings is 1. The van der Waals surface area contributed by atoms with Crippen LogP contribution in [0.4, 0.5) is 5.13 Å². The number of carbonyl (C=O) groups excluding carboxylic acids is 3. The molecular weight excluding hydrogens is 613 g/mol. The van der Waals surface area contributed by atoms with E-state index in [1.165, 1.54) is 42.0 Å². The number of imidazole rings is 1. The minimum absolute atomic E-state index is 0.0519. The zero-order valence-corrected chi connectivity index (χ0v) is 24.1. The van der Waals surface area contributed by atoms with Gasteiger partial charge in [0.05, 0.1) is 23.6 Å². The van der Waals surface area contributed by atoms with E-state index in [4.69, 9.17) is 10.6 Å². The number of hydrogen-bond acceptors (Lipinski definition) is 15. The number of anilines is 1. The Hall–Kier alpha value is -4.07. The summed E-state index contributed by atoms with van der Waals surface area (Å²) in [6.07, 6.45) is 5.45. The van der Waals surface area contributed by atoms with Gasteiger partial charge in [-0.1, -0.05) is 22.0 Å². The van der Waals surface area contributed by atoms with Crippen LogP contribution >= 0.6 is 46.4 Å². The topological polar surface area (TPSA) is 197 Å². The predicted molar refractivity (Wildman–Crippen MR) is 147 cm³/mol. The highest BCUT2D eigenvalue weighted by Crippen LogP contribution is 2.45. The number of nitrogens with one attached hydrogen (secondary N) is 1. The number of carboxylic acid groups (broad SMARTS) is 1. The van der Waals surface area contributed by atoms with Gasteiger partial charge in [-0.25, -0.2) is 9.55 Å². The van der Waals surface area contributed by atoms with Gasteiger partial charge >= 0.3 is 5.65 Å². The van der Waals surface area contributed by atoms with Crippen molar-refractivity contribution in [3.63, 3.8) is 0 Å². The smallest absolute Gasteiger partial charge is 0.307 e. The van der Waals surface area contributed by atoms with Gasteiger partial charge in [0.15, 0.2) is 15.7 Å². The molecule has 2 aliphatic rings. The first-order valence-corrected chi connectivity index (χ1v) is 15.2. The molecule has 210 valence electrons. The average Bonchev–Trinajstić information content (AvgIpc) is 3.70. The maximum absolute atomic E-state index is 13.1. The Labute approximate surface area is 247 Å². The van der Waals surface area contributed by atoms with Crippen molar-refractivity contribution in [2.45, 2.75) is 22.3 Å². The molecule has 6 rings (SSSR count). The second-order valence-electron chi connectivity index (χ2n) is 8.46. The summed E-state index contributed by atoms with van der Waals surface area (Å²) in [5.41, 5.74) is 6.80. The lowest BCUT2D eigenvalue weighted by atomic mass is 10.0. The first kappa shape index (κ1) is 27.1. The molecule has 0 spiro atoms. The molecular formula is C22H18N10O5S4. The van der Waals surface area contributed by atoms with Crippen LogP contribution in [0.25, 0.3) is 5.65 Å². The Kier molecular flexibility index (Phi) is 7.32. The number of carboxylic acids is 1. The van der Waals surface area contributed by atoms with Gasteiger partial charge in [-0.2, -0.15) is 9.36 Å². The Morgan fingerprint density at radius 2 is 2.24 bits per heavy atom. The number of oxime groups is 1. The van der Waals surface area contributed by atoms with Crippen LogP contribution in [0.3, 0.4) is 0 Å². The lowest BCUT2D eigenvalue weighted by Crippen LogP contribution is -2.71. The number of nitrogen functional groups attached to an aromatic ring is 1. The van der Waals surface area contributed by atoms with Gasteiger partial charge < -0.3 is 25.8 Å². The molecule has 0 aliphatic carbocycles. The number of aliphatic carboxylic acids is 1. The Morgan fingerprint density at radius 1 is 1.39 bits per heavy atom. The molecule has 2 aliphatic heterocycles. The van der Waals surface area contributed by atoms with E-state index in [0.29, 0.717) is 15.8 Å². The third-order valence-corrected chi connectivity index (χ3v) is 10.1. The second-order valence-corrected chi connectivity index (χ2v) is 12.5. The van der Waals surface area contributed by atoms with Gasteiger partial charge in [-0.15, -0.1) is 27.6 Å². The Balaban J connectivity index is 1.17. The number of nitrogens with two attached hydrogens (primary N) is 1. The monoisotopic (exact) mass is 630 g/mol. The maximum atomic E-state index is 13.1. The zero-order valence-electron chi connectivity index (χ0n) is 20.9. The number of fused-ring (bicyclic) bond motifs is 2. The van der Waals surface area contributed by atoms with Gasteiger partial charge in [-0.3, -0.25) is 14.5 Å². The minimum Gasteiger partial charge on any atom is -0.543 e. The SMILES string of the molecule is CO/N=C(\C(=O)N[C@@H]1C(=O)N2C(C(=O)[O-])=C(Sc3nc(C[n+]4ccn5ncccc54)cs3)CS[C@H]12)c1nsc(N)n1. The highest BCUT2D eigenvalue weighted by atomic mass is 32.2. The number of nitrogens with zero attached hydrogens (tertiary/aromatic N) is 8. The molecule has 4 aromatic rings. The van der Waals surface area contributed by atoms with E-state index in [0.717, 1.165) is 27.8 Å². The molecule has 1 fully saturated rings. The van der Waals surface area contributed by atoms with Crippen molar-refractivity contribution in [3.05, 3.63) is 58.2 Å². The van der Waals surface area contributed by atoms with Crippen LogP contribution in [-0.2, 0) is 25.8 Å². The molecule has 0 unspecified atom stereocenters. The number of rotatable bonds is 9. The maximum Gasteiger partial charge on any atom is 0.307 e. The fourth-order valence-electron chi connectivity index (χ4n) is 4.23. The van der Waals surface area contributed by atoms with Crippen LogP contribution in [0.2, 0.25) is 0 Å². The first-order chi connectivity index (χ1) is 19.8. The van der Waals surface area contributed by atoms with E-state index >= 15 is 0 Å². The van der Waals surface area contributed by atoms with E-state index < -0.39 is 29.2 Å². The Bertz CT molecular complexity index is 1750. The first-order valence-electron chi connectivity index (χ1n) is 11.7. The van der Waals surface area contributed by atoms with Gasteiger partial charge in [0.25, 0.3) is 11.8 Å². The standard InChI is InChI=1S/C22H18N10O5S4/c1-37-28-13(16-27-21(23)41-29-16)17(33)26-14-18(34)32-15(20(35)36)11(9-38-19(14)32)40-22-25-10(8-39-22)7-30-5-6-31-12(30)3-2-4-24-31/h2-6,8,14,19H,7,9H2,1H3,(H3-,23,26,27,29,33,35,36)/b28-13-/t14-,19-/m1/s1. The molecule has 0 radical (unpaired) electrons. The Morgan fingerprint density at radius 3 is 3.00 bits per heavy atom. The van der Waals surface area contributed by atoms with E-state index in [-0.39, 0.29) is 28.1 Å². The molecule has 15 nitrogen and oxygen atoms in total. The molecule has 2 amide bonds. The molecule has 6 heterocycles. The number of amides is 2. The number of thioether (sulfide) groups is 2. The number of carbonyl (C=O) groups is 3. The summed E-state index contributed by atoms with van der Waals surface area (Å²) in [5, 5.41) is 24.0. The molecule has 0 bridgehead atoms. The summed E-state index contributed by atoms with van der Waals surface area (Å²) >= 11 is 4.74. The van der Waals surface area contributed by atoms with E-state index in [2.05, 4.69) is 29.9 Å². The lowest BCUT2D eigenvalue weighted by molar-refractivity contribution is -0.662. The number of β-lactam (4-membered cyclic amide) rings is 1. The summed E-state index contributed by atoms with van der Waals surface area (Å²) < 4.78 is 8.34. The highest BCUT2D eigenvalue weighted by molar-refractivity contribution is 8.07. The van der Waals surface area contributed by atoms with Gasteiger partial charge in [0, 0.05) is 33.6 Å². The van der Waals surface area contributed by atoms with Crippen molar-refractivity contribution in [2.75, 3.05) is 18.6 Å². The highest BCUT2D eigenvalue weighted by Gasteiger charge is 2.53. The summed E-state index contributed by atoms with van der Waals surface area (Å²) in [6.45, 7) is 0.506. The largest absolute Gasteiger partial charge is 0.543 e. The van der Waals surface area contributed by atoms with Crippen LogP contribution in [0.1, 0.15) is 11.5 Å². The van der Waals surface area contributed by atoms with Crippen LogP contribution in [0.5, 0.6) is 0 Å². The summed E-state index contributed by atoms with van der Waals surface area (Å²) in [7, 11) is 1.25. The van der Waals surface area contributed by atoms with Crippen molar-refractivity contribution in [1.82, 2.24) is 34.2 Å². The summed E-state index contributed by atoms with van der Waals surface area (Å²) in [6, 6.07) is 2.80. The van der Waals surface area contributed by atoms with Gasteiger partial charge in [-0.05, 0) is 6.07 Å². The van der Waals surface area contributed by atoms with E-state index in [1.807, 2.05) is 34.5 Å². The lowest BCUT2D eigenvalue weighted by Gasteiger charge is -2.50. The van der Waals surface area contributed by atoms with Crippen molar-refractivity contribution in [2.24, 2.45) is 5.16 Å². The van der Waals surface area contributed by atoms with Crippen LogP contribution in [0, 0.1) is 0 Å². The molecule has 0 aromatic carbocycles. The van der Waals surface area contributed by atoms with Gasteiger partial charge in [0.1, 0.15) is 31.3 Å². The fraction of sp³-hybridized carbons (Fsp3) is 0.227. The molecule has 19 heteroatoms. The number of hydrogen-bond donors (Lipinski definition) is 2.